The number of hydrogen-bond donors (Lipinski definition) is 0. The fraction of sp³-hybridized carbons (Fsp3) is 0.263. The maximum Gasteiger partial charge on any atom is 0.246 e. The molecule has 9 nitrogen and oxygen atoms in total. The maximum atomic E-state index is 13.0. The van der Waals surface area contributed by atoms with E-state index in [9.17, 15) is 13.2 Å². The Bertz CT molecular complexity index is 1160. The lowest BCUT2D eigenvalue weighted by Gasteiger charge is -2.34. The van der Waals surface area contributed by atoms with E-state index >= 15 is 0 Å². The smallest absolute Gasteiger partial charge is 0.246 e. The lowest BCUT2D eigenvalue weighted by molar-refractivity contribution is -0.131. The molecule has 0 spiro atoms. The van der Waals surface area contributed by atoms with E-state index in [1.165, 1.54) is 27.4 Å². The molecule has 12 heteroatoms. The molecule has 2 heterocycles. The van der Waals surface area contributed by atoms with Gasteiger partial charge in [-0.15, -0.1) is 5.10 Å². The Morgan fingerprint density at radius 2 is 1.61 bits per heavy atom. The number of rotatable bonds is 5. The molecule has 0 saturated carbocycles. The maximum absolute atomic E-state index is 13.0. The number of nitrogens with zero attached hydrogens (tertiary/aromatic N) is 6. The van der Waals surface area contributed by atoms with Crippen molar-refractivity contribution < 1.29 is 13.2 Å². The molecule has 0 aliphatic carbocycles. The van der Waals surface area contributed by atoms with Gasteiger partial charge in [0.25, 0.3) is 0 Å². The van der Waals surface area contributed by atoms with Crippen LogP contribution < -0.4 is 0 Å². The van der Waals surface area contributed by atoms with Crippen molar-refractivity contribution in [3.05, 3.63) is 64.4 Å². The van der Waals surface area contributed by atoms with Gasteiger partial charge in [-0.25, -0.2) is 13.1 Å². The summed E-state index contributed by atoms with van der Waals surface area (Å²) in [5, 5.41) is 11.2. The summed E-state index contributed by atoms with van der Waals surface area (Å²) in [6, 6.07) is 11.9. The molecule has 1 aliphatic heterocycles. The van der Waals surface area contributed by atoms with Crippen LogP contribution in [0.5, 0.6) is 0 Å². The highest BCUT2D eigenvalue weighted by Crippen LogP contribution is 2.31. The fourth-order valence-corrected chi connectivity index (χ4v) is 5.88. The predicted molar refractivity (Wildman–Crippen MR) is 115 cm³/mol. The van der Waals surface area contributed by atoms with Crippen molar-refractivity contribution >= 4 is 39.1 Å². The number of hydrogen-bond acceptors (Lipinski definition) is 6. The van der Waals surface area contributed by atoms with E-state index in [4.69, 9.17) is 23.2 Å². The molecule has 4 rings (SSSR count). The number of benzene rings is 2. The number of carbonyl (C=O) groups is 1. The zero-order chi connectivity index (χ0) is 22.0. The van der Waals surface area contributed by atoms with Crippen molar-refractivity contribution in [2.45, 2.75) is 11.3 Å². The topological polar surface area (TPSA) is 101 Å². The Kier molecular flexibility index (Phi) is 6.24. The number of piperazine rings is 1. The molecule has 1 fully saturated rings. The van der Waals surface area contributed by atoms with Gasteiger partial charge in [0.2, 0.25) is 15.9 Å². The average Bonchev–Trinajstić information content (AvgIpc) is 3.29. The minimum atomic E-state index is -3.84. The largest absolute Gasteiger partial charge is 0.340 e. The molecule has 31 heavy (non-hydrogen) atoms. The third-order valence-corrected chi connectivity index (χ3v) is 7.87. The number of tetrazole rings is 1. The highest BCUT2D eigenvalue weighted by atomic mass is 35.5. The third-order valence-electron chi connectivity index (χ3n) is 5.01. The molecule has 162 valence electrons. The van der Waals surface area contributed by atoms with Crippen LogP contribution in [0.4, 0.5) is 0 Å². The summed E-state index contributed by atoms with van der Waals surface area (Å²) < 4.78 is 28.8. The molecule has 1 aliphatic rings. The van der Waals surface area contributed by atoms with Gasteiger partial charge in [-0.05, 0) is 40.3 Å². The number of sulfonamides is 1. The molecular weight excluding hydrogens is 463 g/mol. The summed E-state index contributed by atoms with van der Waals surface area (Å²) in [5.41, 5.74) is 1.64. The zero-order valence-corrected chi connectivity index (χ0v) is 18.6. The van der Waals surface area contributed by atoms with Gasteiger partial charge >= 0.3 is 0 Å². The molecule has 1 saturated heterocycles. The zero-order valence-electron chi connectivity index (χ0n) is 16.2. The molecular formula is C19H18Cl2N6O3S. The van der Waals surface area contributed by atoms with Crippen LogP contribution in [-0.2, 0) is 21.2 Å². The van der Waals surface area contributed by atoms with Crippen LogP contribution in [0.15, 0.2) is 53.7 Å². The van der Waals surface area contributed by atoms with Crippen LogP contribution in [0.2, 0.25) is 10.0 Å². The molecule has 0 atom stereocenters. The van der Waals surface area contributed by atoms with Crippen LogP contribution in [0.1, 0.15) is 5.56 Å². The summed E-state index contributed by atoms with van der Waals surface area (Å²) in [7, 11) is -3.84. The van der Waals surface area contributed by atoms with Crippen LogP contribution in [0.3, 0.4) is 0 Å². The molecule has 1 aromatic heterocycles. The van der Waals surface area contributed by atoms with Crippen LogP contribution >= 0.6 is 23.2 Å². The summed E-state index contributed by atoms with van der Waals surface area (Å²) in [6.45, 7) is 0.938. The van der Waals surface area contributed by atoms with Crippen molar-refractivity contribution in [2.75, 3.05) is 26.2 Å². The van der Waals surface area contributed by atoms with Crippen molar-refractivity contribution in [1.29, 1.82) is 0 Å². The Hall–Kier alpha value is -2.53. The van der Waals surface area contributed by atoms with Gasteiger partial charge in [-0.3, -0.25) is 4.79 Å². The second-order valence-electron chi connectivity index (χ2n) is 6.93. The van der Waals surface area contributed by atoms with Gasteiger partial charge in [-0.2, -0.15) is 4.31 Å². The van der Waals surface area contributed by atoms with E-state index < -0.39 is 10.0 Å². The van der Waals surface area contributed by atoms with Gasteiger partial charge in [0, 0.05) is 26.2 Å². The van der Waals surface area contributed by atoms with Crippen LogP contribution in [-0.4, -0.2) is 69.9 Å². The number of halogens is 2. The number of carbonyl (C=O) groups excluding carboxylic acids is 1. The second-order valence-corrected chi connectivity index (χ2v) is 9.62. The summed E-state index contributed by atoms with van der Waals surface area (Å²) >= 11 is 12.2. The van der Waals surface area contributed by atoms with Gasteiger partial charge in [0.1, 0.15) is 11.2 Å². The summed E-state index contributed by atoms with van der Waals surface area (Å²) in [4.78, 5) is 14.3. The van der Waals surface area contributed by atoms with E-state index in [1.54, 1.807) is 11.0 Å². The Balaban J connectivity index is 1.38. The first-order valence-corrected chi connectivity index (χ1v) is 11.6. The van der Waals surface area contributed by atoms with Crippen molar-refractivity contribution in [3.8, 4) is 5.69 Å². The molecule has 2 aromatic carbocycles. The minimum Gasteiger partial charge on any atom is -0.340 e. The predicted octanol–water partition coefficient (Wildman–Crippen LogP) is 2.04. The molecule has 0 bridgehead atoms. The Morgan fingerprint density at radius 3 is 2.19 bits per heavy atom. The Labute approximate surface area is 189 Å². The lowest BCUT2D eigenvalue weighted by Crippen LogP contribution is -2.50. The first-order chi connectivity index (χ1) is 14.9. The first kappa shape index (κ1) is 21.7. The van der Waals surface area contributed by atoms with Gasteiger partial charge in [0.05, 0.1) is 22.2 Å². The molecule has 0 unspecified atom stereocenters. The second kappa shape index (κ2) is 8.91. The normalized spacial score (nSPS) is 15.2. The molecule has 3 aromatic rings. The molecule has 1 amide bonds. The van der Waals surface area contributed by atoms with Crippen LogP contribution in [0.25, 0.3) is 5.69 Å². The van der Waals surface area contributed by atoms with E-state index in [0.717, 1.165) is 11.3 Å². The standard InChI is InChI=1S/C19H18Cl2N6O3S/c20-16-2-1-3-17(21)19(16)31(29,30)26-10-8-25(9-11-26)18(28)12-14-4-6-15(7-5-14)27-13-22-23-24-27/h1-7,13H,8-12H2. The highest BCUT2D eigenvalue weighted by Gasteiger charge is 2.32. The van der Waals surface area contributed by atoms with Gasteiger partial charge in [0.15, 0.2) is 0 Å². The minimum absolute atomic E-state index is 0.0667. The SMILES string of the molecule is O=C(Cc1ccc(-n2cnnn2)cc1)N1CCN(S(=O)(=O)c2c(Cl)cccc2Cl)CC1. The quantitative estimate of drug-likeness (QED) is 0.553. The summed E-state index contributed by atoms with van der Waals surface area (Å²) in [5.74, 6) is -0.0667. The van der Waals surface area contributed by atoms with Crippen molar-refractivity contribution in [3.63, 3.8) is 0 Å². The first-order valence-electron chi connectivity index (χ1n) is 9.40. The molecule has 0 radical (unpaired) electrons. The van der Waals surface area contributed by atoms with Gasteiger partial charge < -0.3 is 4.90 Å². The van der Waals surface area contributed by atoms with E-state index in [-0.39, 0.29) is 40.4 Å². The van der Waals surface area contributed by atoms with Gasteiger partial charge in [-0.1, -0.05) is 41.4 Å². The van der Waals surface area contributed by atoms with E-state index in [0.29, 0.717) is 13.1 Å². The van der Waals surface area contributed by atoms with E-state index in [2.05, 4.69) is 15.5 Å². The van der Waals surface area contributed by atoms with Crippen LogP contribution in [0, 0.1) is 0 Å². The third kappa shape index (κ3) is 4.57. The highest BCUT2D eigenvalue weighted by molar-refractivity contribution is 7.89. The molecule has 0 N–H and O–H groups in total. The number of amides is 1. The monoisotopic (exact) mass is 480 g/mol. The Morgan fingerprint density at radius 1 is 0.968 bits per heavy atom. The van der Waals surface area contributed by atoms with Crippen molar-refractivity contribution in [2.24, 2.45) is 0 Å². The number of aromatic nitrogens is 4. The average molecular weight is 481 g/mol. The summed E-state index contributed by atoms with van der Waals surface area (Å²) in [6.07, 6.45) is 1.71. The van der Waals surface area contributed by atoms with E-state index in [1.807, 2.05) is 24.3 Å². The fourth-order valence-electron chi connectivity index (χ4n) is 3.37. The lowest BCUT2D eigenvalue weighted by atomic mass is 10.1. The van der Waals surface area contributed by atoms with Crippen molar-refractivity contribution in [1.82, 2.24) is 29.4 Å².